The molecule has 0 amide bonds. The standard InChI is InChI=1S/C10H13N3.C6H9N3.C4H7BrO.C4H10O.BrH/c1-4-9-6-13-5-7(2)11-8(3)10(13)12-9;1-4-3-8-6(7)5(2)9-4;1-2-4(6)3-5;1-4(2,3)5;/h5-6H,4H2,1-3H3;3H,1-2H3,(H2,7,8);2-3H2,1H3;5H,1-3H3;1H. The van der Waals surface area contributed by atoms with Crippen molar-refractivity contribution in [2.75, 3.05) is 11.1 Å². The Bertz CT molecular complexity index is 1000. The number of alkyl halides is 1. The van der Waals surface area contributed by atoms with Gasteiger partial charge in [-0.2, -0.15) is 0 Å². The number of rotatable bonds is 3. The molecular formula is C24H40Br2N6O2. The maximum absolute atomic E-state index is 10.1. The summed E-state index contributed by atoms with van der Waals surface area (Å²) in [6.07, 6.45) is 7.35. The van der Waals surface area contributed by atoms with Crippen LogP contribution < -0.4 is 5.73 Å². The van der Waals surface area contributed by atoms with Crippen LogP contribution in [0.1, 0.15) is 69.5 Å². The molecule has 3 aromatic rings. The van der Waals surface area contributed by atoms with Crippen molar-refractivity contribution in [2.45, 2.75) is 80.8 Å². The van der Waals surface area contributed by atoms with E-state index >= 15 is 0 Å². The number of aliphatic hydroxyl groups is 1. The van der Waals surface area contributed by atoms with Crippen LogP contribution in [0.25, 0.3) is 5.65 Å². The number of nitrogen functional groups attached to an aromatic ring is 1. The van der Waals surface area contributed by atoms with Gasteiger partial charge in [0.05, 0.1) is 45.6 Å². The molecule has 0 radical (unpaired) electrons. The number of fused-ring (bicyclic) bond motifs is 1. The molecule has 0 aliphatic carbocycles. The van der Waals surface area contributed by atoms with Gasteiger partial charge in [-0.15, -0.1) is 17.0 Å². The number of nitrogens with two attached hydrogens (primary N) is 1. The largest absolute Gasteiger partial charge is 0.391 e. The molecule has 3 heterocycles. The fourth-order valence-corrected chi connectivity index (χ4v) is 2.62. The highest BCUT2D eigenvalue weighted by Gasteiger charge is 2.03. The second kappa shape index (κ2) is 16.7. The lowest BCUT2D eigenvalue weighted by molar-refractivity contribution is -0.116. The van der Waals surface area contributed by atoms with Gasteiger partial charge < -0.3 is 15.2 Å². The Labute approximate surface area is 222 Å². The second-order valence-electron chi connectivity index (χ2n) is 8.46. The minimum absolute atomic E-state index is 0. The Morgan fingerprint density at radius 3 is 1.94 bits per heavy atom. The number of hydrogen-bond donors (Lipinski definition) is 2. The lowest BCUT2D eigenvalue weighted by Crippen LogP contribution is -2.10. The zero-order chi connectivity index (χ0) is 25.8. The third-order valence-corrected chi connectivity index (χ3v) is 4.41. The van der Waals surface area contributed by atoms with Crippen molar-refractivity contribution >= 4 is 50.2 Å². The zero-order valence-electron chi connectivity index (χ0n) is 21.8. The van der Waals surface area contributed by atoms with E-state index in [2.05, 4.69) is 53.4 Å². The number of imidazole rings is 1. The fourth-order valence-electron chi connectivity index (χ4n) is 2.23. The lowest BCUT2D eigenvalue weighted by atomic mass is 10.2. The van der Waals surface area contributed by atoms with Gasteiger partial charge >= 0.3 is 0 Å². The molecule has 0 aromatic carbocycles. The van der Waals surface area contributed by atoms with Crippen molar-refractivity contribution in [2.24, 2.45) is 0 Å². The van der Waals surface area contributed by atoms with Gasteiger partial charge in [-0.1, -0.05) is 29.8 Å². The van der Waals surface area contributed by atoms with Crippen molar-refractivity contribution in [3.8, 4) is 0 Å². The molecule has 0 aliphatic rings. The van der Waals surface area contributed by atoms with Gasteiger partial charge in [-0.25, -0.2) is 9.97 Å². The average molecular weight is 604 g/mol. The van der Waals surface area contributed by atoms with Gasteiger partial charge in [0.2, 0.25) is 0 Å². The minimum atomic E-state index is -0.500. The molecule has 0 fully saturated rings. The Hall–Kier alpha value is -1.91. The van der Waals surface area contributed by atoms with Gasteiger partial charge in [-0.05, 0) is 54.9 Å². The molecular weight excluding hydrogens is 564 g/mol. The van der Waals surface area contributed by atoms with E-state index in [9.17, 15) is 4.79 Å². The fraction of sp³-hybridized carbons (Fsp3) is 0.542. The Morgan fingerprint density at radius 2 is 1.56 bits per heavy atom. The maximum Gasteiger partial charge on any atom is 0.158 e. The number of Topliss-reactive ketones (excluding diaryl/α,β-unsaturated/α-hetero) is 1. The van der Waals surface area contributed by atoms with E-state index < -0.39 is 5.60 Å². The summed E-state index contributed by atoms with van der Waals surface area (Å²) in [7, 11) is 0. The van der Waals surface area contributed by atoms with Crippen molar-refractivity contribution in [1.82, 2.24) is 24.3 Å². The number of nitrogens with zero attached hydrogens (tertiary/aromatic N) is 5. The third kappa shape index (κ3) is 15.1. The highest BCUT2D eigenvalue weighted by Crippen LogP contribution is 2.09. The number of ketones is 1. The van der Waals surface area contributed by atoms with Gasteiger partial charge in [-0.3, -0.25) is 14.8 Å². The van der Waals surface area contributed by atoms with Crippen LogP contribution >= 0.6 is 32.9 Å². The molecule has 3 rings (SSSR count). The highest BCUT2D eigenvalue weighted by atomic mass is 79.9. The topological polar surface area (TPSA) is 119 Å². The summed E-state index contributed by atoms with van der Waals surface area (Å²) in [4.78, 5) is 27.0. The molecule has 8 nitrogen and oxygen atoms in total. The Kier molecular flexibility index (Phi) is 16.8. The summed E-state index contributed by atoms with van der Waals surface area (Å²) in [6.45, 7) is 16.9. The summed E-state index contributed by atoms with van der Waals surface area (Å²) in [5, 5.41) is 9.02. The van der Waals surface area contributed by atoms with E-state index in [0.717, 1.165) is 40.5 Å². The SMILES string of the molecule is Br.CC(C)(C)O.CCC(=O)CBr.CCc1cn2cc(C)nc(C)c2n1.Cc1cnc(N)c(C)n1. The normalized spacial score (nSPS) is 9.97. The summed E-state index contributed by atoms with van der Waals surface area (Å²) in [5.74, 6) is 0.774. The zero-order valence-corrected chi connectivity index (χ0v) is 25.1. The Morgan fingerprint density at radius 1 is 1.03 bits per heavy atom. The first kappa shape index (κ1) is 34.3. The van der Waals surface area contributed by atoms with Crippen LogP contribution in [0.15, 0.2) is 18.6 Å². The first-order valence-electron chi connectivity index (χ1n) is 10.9. The van der Waals surface area contributed by atoms with Crippen LogP contribution in [0.5, 0.6) is 0 Å². The molecule has 0 atom stereocenters. The molecule has 0 saturated heterocycles. The van der Waals surface area contributed by atoms with Gasteiger partial charge in [0.25, 0.3) is 0 Å². The molecule has 192 valence electrons. The maximum atomic E-state index is 10.1. The van der Waals surface area contributed by atoms with Crippen LogP contribution in [0, 0.1) is 27.7 Å². The van der Waals surface area contributed by atoms with E-state index in [0.29, 0.717) is 17.6 Å². The van der Waals surface area contributed by atoms with E-state index in [1.807, 2.05) is 40.8 Å². The molecule has 3 aromatic heterocycles. The summed E-state index contributed by atoms with van der Waals surface area (Å²) < 4.78 is 2.05. The number of hydrogen-bond acceptors (Lipinski definition) is 7. The smallest absolute Gasteiger partial charge is 0.158 e. The van der Waals surface area contributed by atoms with E-state index in [4.69, 9.17) is 10.8 Å². The van der Waals surface area contributed by atoms with Gasteiger partial charge in [0.1, 0.15) is 11.6 Å². The quantitative estimate of drug-likeness (QED) is 0.390. The molecule has 10 heteroatoms. The number of aryl methyl sites for hydroxylation is 5. The molecule has 3 N–H and O–H groups in total. The molecule has 34 heavy (non-hydrogen) atoms. The van der Waals surface area contributed by atoms with Crippen molar-refractivity contribution in [1.29, 1.82) is 0 Å². The predicted molar refractivity (Wildman–Crippen MR) is 149 cm³/mol. The molecule has 0 saturated carbocycles. The first-order chi connectivity index (χ1) is 15.2. The number of carbonyl (C=O) groups excluding carboxylic acids is 1. The van der Waals surface area contributed by atoms with Crippen LogP contribution in [0.3, 0.4) is 0 Å². The number of anilines is 1. The van der Waals surface area contributed by atoms with E-state index in [1.165, 1.54) is 0 Å². The van der Waals surface area contributed by atoms with Crippen molar-refractivity contribution in [3.05, 3.63) is 47.1 Å². The van der Waals surface area contributed by atoms with Gasteiger partial charge in [0, 0.05) is 18.8 Å². The number of halogens is 2. The van der Waals surface area contributed by atoms with Crippen molar-refractivity contribution < 1.29 is 9.90 Å². The number of aromatic nitrogens is 5. The van der Waals surface area contributed by atoms with E-state index in [1.54, 1.807) is 27.0 Å². The summed E-state index contributed by atoms with van der Waals surface area (Å²) in [5.41, 5.74) is 10.7. The average Bonchev–Trinajstić information content (AvgIpc) is 3.13. The third-order valence-electron chi connectivity index (χ3n) is 3.79. The lowest BCUT2D eigenvalue weighted by Gasteiger charge is -2.04. The Balaban J connectivity index is 0. The number of carbonyl (C=O) groups is 1. The monoisotopic (exact) mass is 602 g/mol. The molecule has 0 aliphatic heterocycles. The minimum Gasteiger partial charge on any atom is -0.391 e. The van der Waals surface area contributed by atoms with Crippen LogP contribution in [-0.4, -0.2) is 46.2 Å². The molecule has 0 spiro atoms. The molecule has 0 unspecified atom stereocenters. The predicted octanol–water partition coefficient (Wildman–Crippen LogP) is 5.30. The second-order valence-corrected chi connectivity index (χ2v) is 9.02. The van der Waals surface area contributed by atoms with Crippen LogP contribution in [0.4, 0.5) is 5.82 Å². The highest BCUT2D eigenvalue weighted by molar-refractivity contribution is 9.09. The summed E-state index contributed by atoms with van der Waals surface area (Å²) in [6, 6.07) is 0. The molecule has 0 bridgehead atoms. The van der Waals surface area contributed by atoms with Crippen LogP contribution in [-0.2, 0) is 11.2 Å². The summed E-state index contributed by atoms with van der Waals surface area (Å²) >= 11 is 3.03. The van der Waals surface area contributed by atoms with Crippen LogP contribution in [0.2, 0.25) is 0 Å². The van der Waals surface area contributed by atoms with E-state index in [-0.39, 0.29) is 22.8 Å². The van der Waals surface area contributed by atoms with Gasteiger partial charge in [0.15, 0.2) is 5.65 Å². The van der Waals surface area contributed by atoms with Crippen molar-refractivity contribution in [3.63, 3.8) is 0 Å². The first-order valence-corrected chi connectivity index (χ1v) is 12.0.